The number of carboxylic acid groups (broad SMARTS) is 1. The largest absolute Gasteiger partial charge is 0.478 e. The van der Waals surface area contributed by atoms with E-state index in [0.29, 0.717) is 17.8 Å². The van der Waals surface area contributed by atoms with Gasteiger partial charge in [-0.3, -0.25) is 0 Å². The summed E-state index contributed by atoms with van der Waals surface area (Å²) in [4.78, 5) is 12.0. The van der Waals surface area contributed by atoms with Crippen molar-refractivity contribution < 1.29 is 9.90 Å². The number of nitrogens with zero attached hydrogens (tertiary/aromatic N) is 2. The fourth-order valence-electron chi connectivity index (χ4n) is 2.78. The molecule has 0 aliphatic carbocycles. The topological polar surface area (TPSA) is 55.1 Å². The maximum Gasteiger partial charge on any atom is 0.339 e. The SMILES string of the molecule is CCCc1c(C(=O)O)c(-c2ccc(Br)cc2)nn1-c1cccc(Br)c1. The van der Waals surface area contributed by atoms with Gasteiger partial charge in [-0.05, 0) is 36.8 Å². The zero-order valence-electron chi connectivity index (χ0n) is 13.5. The van der Waals surface area contributed by atoms with E-state index in [4.69, 9.17) is 0 Å². The zero-order chi connectivity index (χ0) is 18.0. The third-order valence-electron chi connectivity index (χ3n) is 3.85. The minimum absolute atomic E-state index is 0.268. The van der Waals surface area contributed by atoms with Crippen LogP contribution in [0.5, 0.6) is 0 Å². The van der Waals surface area contributed by atoms with Crippen LogP contribution in [0.4, 0.5) is 0 Å². The Morgan fingerprint density at radius 3 is 2.44 bits per heavy atom. The van der Waals surface area contributed by atoms with E-state index in [2.05, 4.69) is 37.0 Å². The first-order valence-electron chi connectivity index (χ1n) is 7.88. The summed E-state index contributed by atoms with van der Waals surface area (Å²) in [6.07, 6.45) is 1.47. The molecule has 0 saturated carbocycles. The van der Waals surface area contributed by atoms with Crippen LogP contribution in [0, 0.1) is 0 Å². The van der Waals surface area contributed by atoms with Gasteiger partial charge in [0, 0.05) is 14.5 Å². The maximum atomic E-state index is 12.0. The summed E-state index contributed by atoms with van der Waals surface area (Å²) in [5.41, 5.74) is 3.09. The first kappa shape index (κ1) is 17.9. The molecule has 0 radical (unpaired) electrons. The van der Waals surface area contributed by atoms with E-state index in [9.17, 15) is 9.90 Å². The standard InChI is InChI=1S/C19H16Br2N2O2/c1-2-4-16-17(19(24)25)18(12-7-9-13(20)10-8-12)22-23(16)15-6-3-5-14(21)11-15/h3,5-11H,2,4H2,1H3,(H,24,25). The average Bonchev–Trinajstić information content (AvgIpc) is 2.95. The third-order valence-corrected chi connectivity index (χ3v) is 4.87. The Bertz CT molecular complexity index is 918. The summed E-state index contributed by atoms with van der Waals surface area (Å²) in [6, 6.07) is 15.2. The Morgan fingerprint density at radius 1 is 1.12 bits per heavy atom. The Kier molecular flexibility index (Phi) is 5.39. The highest BCUT2D eigenvalue weighted by Gasteiger charge is 2.24. The molecule has 3 aromatic rings. The highest BCUT2D eigenvalue weighted by atomic mass is 79.9. The summed E-state index contributed by atoms with van der Waals surface area (Å²) in [7, 11) is 0. The van der Waals surface area contributed by atoms with Gasteiger partial charge >= 0.3 is 5.97 Å². The van der Waals surface area contributed by atoms with Crippen LogP contribution in [0.15, 0.2) is 57.5 Å². The van der Waals surface area contributed by atoms with Crippen molar-refractivity contribution >= 4 is 37.8 Å². The number of carbonyl (C=O) groups is 1. The minimum atomic E-state index is -0.956. The van der Waals surface area contributed by atoms with Gasteiger partial charge in [-0.2, -0.15) is 5.10 Å². The zero-order valence-corrected chi connectivity index (χ0v) is 16.7. The first-order valence-corrected chi connectivity index (χ1v) is 9.47. The summed E-state index contributed by atoms with van der Waals surface area (Å²) in [5, 5.41) is 14.5. The maximum absolute atomic E-state index is 12.0. The fraction of sp³-hybridized carbons (Fsp3) is 0.158. The number of rotatable bonds is 5. The van der Waals surface area contributed by atoms with Gasteiger partial charge in [-0.15, -0.1) is 0 Å². The van der Waals surface area contributed by atoms with Crippen LogP contribution in [-0.4, -0.2) is 20.9 Å². The highest BCUT2D eigenvalue weighted by molar-refractivity contribution is 9.10. The van der Waals surface area contributed by atoms with Gasteiger partial charge in [-0.25, -0.2) is 9.48 Å². The number of aromatic nitrogens is 2. The van der Waals surface area contributed by atoms with E-state index in [1.165, 1.54) is 0 Å². The van der Waals surface area contributed by atoms with Crippen molar-refractivity contribution in [3.8, 4) is 16.9 Å². The normalized spacial score (nSPS) is 10.8. The molecule has 1 N–H and O–H groups in total. The molecule has 1 aromatic heterocycles. The van der Waals surface area contributed by atoms with Crippen LogP contribution in [0.3, 0.4) is 0 Å². The number of benzene rings is 2. The molecule has 128 valence electrons. The van der Waals surface area contributed by atoms with Gasteiger partial charge in [-0.1, -0.05) is 63.4 Å². The van der Waals surface area contributed by atoms with Crippen molar-refractivity contribution in [2.45, 2.75) is 19.8 Å². The minimum Gasteiger partial charge on any atom is -0.478 e. The van der Waals surface area contributed by atoms with Gasteiger partial charge in [0.2, 0.25) is 0 Å². The Morgan fingerprint density at radius 2 is 1.84 bits per heavy atom. The van der Waals surface area contributed by atoms with Crippen LogP contribution in [0.2, 0.25) is 0 Å². The molecule has 2 aromatic carbocycles. The summed E-state index contributed by atoms with van der Waals surface area (Å²) >= 11 is 6.88. The Labute approximate surface area is 162 Å². The smallest absolute Gasteiger partial charge is 0.339 e. The first-order chi connectivity index (χ1) is 12.0. The molecule has 4 nitrogen and oxygen atoms in total. The molecule has 0 saturated heterocycles. The molecule has 0 aliphatic rings. The molecular formula is C19H16Br2N2O2. The molecular weight excluding hydrogens is 448 g/mol. The molecule has 0 fully saturated rings. The highest BCUT2D eigenvalue weighted by Crippen LogP contribution is 2.30. The van der Waals surface area contributed by atoms with Crippen LogP contribution in [-0.2, 0) is 6.42 Å². The van der Waals surface area contributed by atoms with Crippen molar-refractivity contribution in [2.24, 2.45) is 0 Å². The lowest BCUT2D eigenvalue weighted by Crippen LogP contribution is -2.06. The Balaban J connectivity index is 2.26. The molecule has 0 unspecified atom stereocenters. The molecule has 0 bridgehead atoms. The fourth-order valence-corrected chi connectivity index (χ4v) is 3.43. The van der Waals surface area contributed by atoms with E-state index in [1.807, 2.05) is 55.5 Å². The summed E-state index contributed by atoms with van der Waals surface area (Å²) < 4.78 is 3.60. The average molecular weight is 464 g/mol. The van der Waals surface area contributed by atoms with E-state index in [1.54, 1.807) is 4.68 Å². The molecule has 0 atom stereocenters. The molecule has 0 aliphatic heterocycles. The van der Waals surface area contributed by atoms with Gasteiger partial charge < -0.3 is 5.11 Å². The number of hydrogen-bond acceptors (Lipinski definition) is 2. The van der Waals surface area contributed by atoms with E-state index >= 15 is 0 Å². The van der Waals surface area contributed by atoms with Gasteiger partial charge in [0.25, 0.3) is 0 Å². The van der Waals surface area contributed by atoms with Crippen molar-refractivity contribution in [3.05, 3.63) is 68.7 Å². The second-order valence-corrected chi connectivity index (χ2v) is 7.46. The third kappa shape index (κ3) is 3.70. The number of aromatic carboxylic acids is 1. The van der Waals surface area contributed by atoms with Crippen molar-refractivity contribution in [3.63, 3.8) is 0 Å². The predicted octanol–water partition coefficient (Wildman–Crippen LogP) is 5.72. The lowest BCUT2D eigenvalue weighted by Gasteiger charge is -2.07. The summed E-state index contributed by atoms with van der Waals surface area (Å²) in [5.74, 6) is -0.956. The lowest BCUT2D eigenvalue weighted by atomic mass is 10.0. The quantitative estimate of drug-likeness (QED) is 0.526. The van der Waals surface area contributed by atoms with Crippen LogP contribution < -0.4 is 0 Å². The van der Waals surface area contributed by atoms with Crippen LogP contribution in [0.1, 0.15) is 29.4 Å². The molecule has 3 rings (SSSR count). The van der Waals surface area contributed by atoms with Crippen molar-refractivity contribution in [1.82, 2.24) is 9.78 Å². The van der Waals surface area contributed by atoms with E-state index in [-0.39, 0.29) is 5.56 Å². The molecule has 6 heteroatoms. The number of hydrogen-bond donors (Lipinski definition) is 1. The summed E-state index contributed by atoms with van der Waals surface area (Å²) in [6.45, 7) is 2.03. The van der Waals surface area contributed by atoms with Gasteiger partial charge in [0.15, 0.2) is 0 Å². The molecule has 0 amide bonds. The molecule has 1 heterocycles. The Hall–Kier alpha value is -1.92. The monoisotopic (exact) mass is 462 g/mol. The van der Waals surface area contributed by atoms with Crippen LogP contribution >= 0.6 is 31.9 Å². The second-order valence-electron chi connectivity index (χ2n) is 5.62. The second kappa shape index (κ2) is 7.54. The van der Waals surface area contributed by atoms with Crippen molar-refractivity contribution in [2.75, 3.05) is 0 Å². The van der Waals surface area contributed by atoms with E-state index in [0.717, 1.165) is 26.6 Å². The van der Waals surface area contributed by atoms with Crippen LogP contribution in [0.25, 0.3) is 16.9 Å². The number of halogens is 2. The van der Waals surface area contributed by atoms with Crippen molar-refractivity contribution in [1.29, 1.82) is 0 Å². The molecule has 25 heavy (non-hydrogen) atoms. The lowest BCUT2D eigenvalue weighted by molar-refractivity contribution is 0.0696. The van der Waals surface area contributed by atoms with Gasteiger partial charge in [0.1, 0.15) is 11.3 Å². The molecule has 0 spiro atoms. The van der Waals surface area contributed by atoms with E-state index < -0.39 is 5.97 Å². The van der Waals surface area contributed by atoms with Gasteiger partial charge in [0.05, 0.1) is 11.4 Å². The predicted molar refractivity (Wildman–Crippen MR) is 105 cm³/mol. The number of carboxylic acids is 1.